The van der Waals surface area contributed by atoms with Gasteiger partial charge in [-0.25, -0.2) is 4.39 Å². The van der Waals surface area contributed by atoms with Gasteiger partial charge in [0.25, 0.3) is 0 Å². The van der Waals surface area contributed by atoms with E-state index in [-0.39, 0.29) is 17.8 Å². The van der Waals surface area contributed by atoms with E-state index < -0.39 is 0 Å². The topological polar surface area (TPSA) is 47.3 Å². The van der Waals surface area contributed by atoms with Crippen molar-refractivity contribution >= 4 is 5.91 Å². The number of likely N-dealkylation sites (N-methyl/N-ethyl adjacent to an activating group) is 2. The number of nitrogens with zero attached hydrogens (tertiary/aromatic N) is 3. The van der Waals surface area contributed by atoms with Gasteiger partial charge in [-0.1, -0.05) is 12.1 Å². The Hall–Kier alpha value is -1.93. The minimum absolute atomic E-state index is 0.0425. The molecule has 1 aromatic carbocycles. The summed E-state index contributed by atoms with van der Waals surface area (Å²) in [5.41, 5.74) is 0.826. The number of benzene rings is 1. The zero-order valence-electron chi connectivity index (χ0n) is 12.1. The number of carbonyl (C=O) groups excluding carboxylic acids is 1. The molecule has 1 aromatic rings. The number of carbonyl (C=O) groups is 1. The molecule has 4 nitrogen and oxygen atoms in total. The van der Waals surface area contributed by atoms with Crippen molar-refractivity contribution in [3.05, 3.63) is 35.6 Å². The van der Waals surface area contributed by atoms with Gasteiger partial charge in [-0.3, -0.25) is 9.69 Å². The molecule has 1 amide bonds. The fourth-order valence-electron chi connectivity index (χ4n) is 1.90. The van der Waals surface area contributed by atoms with Gasteiger partial charge in [0, 0.05) is 20.1 Å². The first kappa shape index (κ1) is 16.1. The molecular formula is C15H20FN3O. The maximum Gasteiger partial charge on any atom is 0.239 e. The van der Waals surface area contributed by atoms with E-state index in [0.29, 0.717) is 19.5 Å². The Bertz CT molecular complexity index is 498. The van der Waals surface area contributed by atoms with Crippen LogP contribution in [0.3, 0.4) is 0 Å². The highest BCUT2D eigenvalue weighted by molar-refractivity contribution is 5.81. The smallest absolute Gasteiger partial charge is 0.239 e. The minimum atomic E-state index is -0.318. The van der Waals surface area contributed by atoms with Crippen LogP contribution in [0.2, 0.25) is 0 Å². The average Bonchev–Trinajstić information content (AvgIpc) is 2.43. The van der Waals surface area contributed by atoms with Crippen molar-refractivity contribution in [2.24, 2.45) is 0 Å². The van der Waals surface area contributed by atoms with Crippen molar-refractivity contribution < 1.29 is 9.18 Å². The van der Waals surface area contributed by atoms with Gasteiger partial charge < -0.3 is 4.90 Å². The molecule has 1 rings (SSSR count). The first-order chi connectivity index (χ1) is 9.45. The highest BCUT2D eigenvalue weighted by Crippen LogP contribution is 2.09. The molecule has 0 heterocycles. The van der Waals surface area contributed by atoms with E-state index in [0.717, 1.165) is 5.56 Å². The third-order valence-electron chi connectivity index (χ3n) is 3.27. The molecule has 0 fully saturated rings. The number of halogens is 1. The standard InChI is InChI=1S/C15H20FN3O/c1-12(15(20)18(2)9-5-8-17)19(3)11-13-6-4-7-14(16)10-13/h4,6-7,10,12H,5,9,11H2,1-3H3. The van der Waals surface area contributed by atoms with E-state index >= 15 is 0 Å². The molecule has 0 aliphatic rings. The molecular weight excluding hydrogens is 257 g/mol. The molecule has 108 valence electrons. The van der Waals surface area contributed by atoms with Crippen LogP contribution in [0.4, 0.5) is 4.39 Å². The second-order valence-corrected chi connectivity index (χ2v) is 4.89. The van der Waals surface area contributed by atoms with Crippen molar-refractivity contribution in [1.29, 1.82) is 5.26 Å². The Morgan fingerprint density at radius 1 is 1.45 bits per heavy atom. The van der Waals surface area contributed by atoms with Crippen LogP contribution in [0.5, 0.6) is 0 Å². The number of hydrogen-bond donors (Lipinski definition) is 0. The minimum Gasteiger partial charge on any atom is -0.343 e. The first-order valence-electron chi connectivity index (χ1n) is 6.52. The van der Waals surface area contributed by atoms with Crippen LogP contribution < -0.4 is 0 Å². The van der Waals surface area contributed by atoms with E-state index in [9.17, 15) is 9.18 Å². The second kappa shape index (κ2) is 7.61. The molecule has 0 aromatic heterocycles. The molecule has 0 saturated heterocycles. The Morgan fingerprint density at radius 2 is 2.15 bits per heavy atom. The van der Waals surface area contributed by atoms with Crippen LogP contribution in [0.15, 0.2) is 24.3 Å². The quantitative estimate of drug-likeness (QED) is 0.799. The van der Waals surface area contributed by atoms with E-state index in [1.54, 1.807) is 18.0 Å². The number of rotatable bonds is 6. The van der Waals surface area contributed by atoms with Gasteiger partial charge in [0.15, 0.2) is 0 Å². The molecule has 0 aliphatic heterocycles. The molecule has 0 aliphatic carbocycles. The highest BCUT2D eigenvalue weighted by atomic mass is 19.1. The summed E-state index contributed by atoms with van der Waals surface area (Å²) >= 11 is 0. The van der Waals surface area contributed by atoms with Crippen LogP contribution in [0.1, 0.15) is 18.9 Å². The normalized spacial score (nSPS) is 12.0. The Balaban J connectivity index is 2.60. The van der Waals surface area contributed by atoms with Gasteiger partial charge in [-0.05, 0) is 31.7 Å². The van der Waals surface area contributed by atoms with E-state index in [1.165, 1.54) is 12.1 Å². The Labute approximate surface area is 119 Å². The molecule has 1 unspecified atom stereocenters. The summed E-state index contributed by atoms with van der Waals surface area (Å²) in [7, 11) is 3.51. The van der Waals surface area contributed by atoms with Crippen molar-refractivity contribution in [3.8, 4) is 6.07 Å². The lowest BCUT2D eigenvalue weighted by molar-refractivity contribution is -0.134. The van der Waals surface area contributed by atoms with Gasteiger partial charge in [-0.2, -0.15) is 5.26 Å². The second-order valence-electron chi connectivity index (χ2n) is 4.89. The van der Waals surface area contributed by atoms with E-state index in [1.807, 2.05) is 31.0 Å². The fraction of sp³-hybridized carbons (Fsp3) is 0.467. The van der Waals surface area contributed by atoms with Crippen LogP contribution >= 0.6 is 0 Å². The van der Waals surface area contributed by atoms with Gasteiger partial charge in [0.05, 0.1) is 18.5 Å². The summed E-state index contributed by atoms with van der Waals surface area (Å²) in [5.74, 6) is -0.319. The third-order valence-corrected chi connectivity index (χ3v) is 3.27. The van der Waals surface area contributed by atoms with Gasteiger partial charge in [0.1, 0.15) is 5.82 Å². The molecule has 0 bridgehead atoms. The fourth-order valence-corrected chi connectivity index (χ4v) is 1.90. The number of nitriles is 1. The maximum atomic E-state index is 13.1. The van der Waals surface area contributed by atoms with Crippen molar-refractivity contribution in [2.45, 2.75) is 25.9 Å². The summed E-state index contributed by atoms with van der Waals surface area (Å²) in [6.45, 7) is 2.73. The predicted octanol–water partition coefficient (Wildman–Crippen LogP) is 2.02. The molecule has 5 heteroatoms. The summed E-state index contributed by atoms with van der Waals surface area (Å²) in [6, 6.07) is 8.05. The van der Waals surface area contributed by atoms with Crippen molar-refractivity contribution in [3.63, 3.8) is 0 Å². The first-order valence-corrected chi connectivity index (χ1v) is 6.52. The third kappa shape index (κ3) is 4.63. The zero-order valence-corrected chi connectivity index (χ0v) is 12.1. The van der Waals surface area contributed by atoms with Gasteiger partial charge in [-0.15, -0.1) is 0 Å². The molecule has 0 saturated carbocycles. The van der Waals surface area contributed by atoms with Crippen LogP contribution in [-0.4, -0.2) is 42.4 Å². The molecule has 0 N–H and O–H groups in total. The maximum absolute atomic E-state index is 13.1. The SMILES string of the molecule is CC(C(=O)N(C)CCC#N)N(C)Cc1cccc(F)c1. The summed E-state index contributed by atoms with van der Waals surface area (Å²) < 4.78 is 13.1. The van der Waals surface area contributed by atoms with Gasteiger partial charge >= 0.3 is 0 Å². The monoisotopic (exact) mass is 277 g/mol. The molecule has 0 spiro atoms. The summed E-state index contributed by atoms with van der Waals surface area (Å²) in [4.78, 5) is 15.6. The predicted molar refractivity (Wildman–Crippen MR) is 75.2 cm³/mol. The Kier molecular flexibility index (Phi) is 6.13. The van der Waals surface area contributed by atoms with Gasteiger partial charge in [0.2, 0.25) is 5.91 Å². The summed E-state index contributed by atoms with van der Waals surface area (Å²) in [5, 5.41) is 8.53. The number of amides is 1. The lowest BCUT2D eigenvalue weighted by Crippen LogP contribution is -2.44. The largest absolute Gasteiger partial charge is 0.343 e. The van der Waals surface area contributed by atoms with Crippen molar-refractivity contribution in [2.75, 3.05) is 20.6 Å². The summed E-state index contributed by atoms with van der Waals surface area (Å²) in [6.07, 6.45) is 0.322. The average molecular weight is 277 g/mol. The van der Waals surface area contributed by atoms with E-state index in [4.69, 9.17) is 5.26 Å². The lowest BCUT2D eigenvalue weighted by atomic mass is 10.1. The van der Waals surface area contributed by atoms with Crippen LogP contribution in [0, 0.1) is 17.1 Å². The Morgan fingerprint density at radius 3 is 2.75 bits per heavy atom. The van der Waals surface area contributed by atoms with E-state index in [2.05, 4.69) is 0 Å². The highest BCUT2D eigenvalue weighted by Gasteiger charge is 2.21. The molecule has 0 radical (unpaired) electrons. The zero-order chi connectivity index (χ0) is 15.1. The number of hydrogen-bond acceptors (Lipinski definition) is 3. The van der Waals surface area contributed by atoms with Crippen LogP contribution in [-0.2, 0) is 11.3 Å². The molecule has 1 atom stereocenters. The van der Waals surface area contributed by atoms with Crippen LogP contribution in [0.25, 0.3) is 0 Å². The van der Waals surface area contributed by atoms with Crippen molar-refractivity contribution in [1.82, 2.24) is 9.80 Å². The molecule has 20 heavy (non-hydrogen) atoms. The lowest BCUT2D eigenvalue weighted by Gasteiger charge is -2.27.